The van der Waals surface area contributed by atoms with Gasteiger partial charge in [0.1, 0.15) is 0 Å². The largest absolute Gasteiger partial charge is 0.381 e. The van der Waals surface area contributed by atoms with Crippen molar-refractivity contribution >= 4 is 21.7 Å². The highest BCUT2D eigenvalue weighted by molar-refractivity contribution is 9.10. The molecule has 0 N–H and O–H groups in total. The molecule has 80 valence electrons. The molecule has 1 aliphatic rings. The van der Waals surface area contributed by atoms with Crippen LogP contribution in [0, 0.1) is 5.92 Å². The molecule has 0 spiro atoms. The predicted octanol–water partition coefficient (Wildman–Crippen LogP) is 3.06. The van der Waals surface area contributed by atoms with Gasteiger partial charge in [-0.3, -0.25) is 4.79 Å². The minimum atomic E-state index is 0.0393. The number of halogens is 1. The zero-order valence-electron chi connectivity index (χ0n) is 8.41. The Morgan fingerprint density at radius 3 is 2.87 bits per heavy atom. The van der Waals surface area contributed by atoms with Crippen LogP contribution in [0.25, 0.3) is 0 Å². The maximum absolute atomic E-state index is 12.1. The predicted molar refractivity (Wildman–Crippen MR) is 62.0 cm³/mol. The molecule has 2 nitrogen and oxygen atoms in total. The van der Waals surface area contributed by atoms with Crippen molar-refractivity contribution in [3.05, 3.63) is 34.3 Å². The molecule has 0 amide bonds. The van der Waals surface area contributed by atoms with Gasteiger partial charge >= 0.3 is 0 Å². The molecule has 0 bridgehead atoms. The minimum absolute atomic E-state index is 0.0393. The monoisotopic (exact) mass is 268 g/mol. The van der Waals surface area contributed by atoms with Gasteiger partial charge in [0.15, 0.2) is 5.78 Å². The van der Waals surface area contributed by atoms with Crippen molar-refractivity contribution < 1.29 is 9.53 Å². The number of ketones is 1. The van der Waals surface area contributed by atoms with Gasteiger partial charge in [0.25, 0.3) is 0 Å². The second-order valence-corrected chi connectivity index (χ2v) is 4.61. The molecule has 2 rings (SSSR count). The summed E-state index contributed by atoms with van der Waals surface area (Å²) in [6, 6.07) is 7.57. The van der Waals surface area contributed by atoms with E-state index in [2.05, 4.69) is 15.9 Å². The quantitative estimate of drug-likeness (QED) is 0.771. The Labute approximate surface area is 97.8 Å². The first-order valence-corrected chi connectivity index (χ1v) is 5.95. The number of hydrogen-bond acceptors (Lipinski definition) is 2. The summed E-state index contributed by atoms with van der Waals surface area (Å²) in [6.45, 7) is 1.36. The van der Waals surface area contributed by atoms with Crippen molar-refractivity contribution in [2.24, 2.45) is 5.92 Å². The topological polar surface area (TPSA) is 26.3 Å². The van der Waals surface area contributed by atoms with Gasteiger partial charge < -0.3 is 4.74 Å². The van der Waals surface area contributed by atoms with Crippen LogP contribution in [0.2, 0.25) is 0 Å². The number of benzene rings is 1. The highest BCUT2D eigenvalue weighted by atomic mass is 79.9. The Balaban J connectivity index is 2.16. The summed E-state index contributed by atoms with van der Waals surface area (Å²) in [5.74, 6) is 0.236. The maximum atomic E-state index is 12.1. The second-order valence-electron chi connectivity index (χ2n) is 3.76. The molecular weight excluding hydrogens is 256 g/mol. The maximum Gasteiger partial charge on any atom is 0.169 e. The second kappa shape index (κ2) is 4.90. The molecule has 15 heavy (non-hydrogen) atoms. The number of carbonyl (C=O) groups excluding carboxylic acids is 1. The van der Waals surface area contributed by atoms with E-state index in [4.69, 9.17) is 4.74 Å². The van der Waals surface area contributed by atoms with E-state index in [-0.39, 0.29) is 11.7 Å². The number of carbonyl (C=O) groups is 1. The Morgan fingerprint density at radius 1 is 1.40 bits per heavy atom. The molecule has 1 unspecified atom stereocenters. The van der Waals surface area contributed by atoms with Crippen LogP contribution in [0.15, 0.2) is 28.7 Å². The zero-order valence-corrected chi connectivity index (χ0v) is 10.00. The van der Waals surface area contributed by atoms with Gasteiger partial charge in [-0.1, -0.05) is 34.1 Å². The first-order valence-electron chi connectivity index (χ1n) is 5.15. The minimum Gasteiger partial charge on any atom is -0.381 e. The molecule has 0 aliphatic carbocycles. The van der Waals surface area contributed by atoms with Crippen LogP contribution in [0.1, 0.15) is 23.2 Å². The van der Waals surface area contributed by atoms with Crippen LogP contribution in [0.5, 0.6) is 0 Å². The van der Waals surface area contributed by atoms with Gasteiger partial charge in [0, 0.05) is 22.6 Å². The number of Topliss-reactive ketones (excluding diaryl/α,β-unsaturated/α-hetero) is 1. The molecule has 1 fully saturated rings. The van der Waals surface area contributed by atoms with Gasteiger partial charge in [-0.25, -0.2) is 0 Å². The van der Waals surface area contributed by atoms with Crippen molar-refractivity contribution in [2.75, 3.05) is 13.2 Å². The van der Waals surface area contributed by atoms with Crippen molar-refractivity contribution in [1.29, 1.82) is 0 Å². The Morgan fingerprint density at radius 2 is 2.20 bits per heavy atom. The fourth-order valence-corrected chi connectivity index (χ4v) is 2.31. The van der Waals surface area contributed by atoms with Crippen molar-refractivity contribution in [1.82, 2.24) is 0 Å². The number of ether oxygens (including phenoxy) is 1. The van der Waals surface area contributed by atoms with Crippen molar-refractivity contribution in [2.45, 2.75) is 12.8 Å². The molecule has 0 radical (unpaired) electrons. The smallest absolute Gasteiger partial charge is 0.169 e. The molecule has 1 aliphatic heterocycles. The highest BCUT2D eigenvalue weighted by Crippen LogP contribution is 2.23. The van der Waals surface area contributed by atoms with E-state index in [0.29, 0.717) is 6.61 Å². The molecule has 1 atom stereocenters. The first kappa shape index (κ1) is 10.8. The lowest BCUT2D eigenvalue weighted by atomic mass is 9.93. The zero-order chi connectivity index (χ0) is 10.7. The molecule has 1 aromatic carbocycles. The van der Waals surface area contributed by atoms with Crippen molar-refractivity contribution in [3.8, 4) is 0 Å². The third kappa shape index (κ3) is 2.47. The van der Waals surface area contributed by atoms with E-state index >= 15 is 0 Å². The van der Waals surface area contributed by atoms with Crippen LogP contribution in [-0.2, 0) is 4.74 Å². The van der Waals surface area contributed by atoms with Crippen LogP contribution in [-0.4, -0.2) is 19.0 Å². The number of rotatable bonds is 2. The fourth-order valence-electron chi connectivity index (χ4n) is 1.83. The van der Waals surface area contributed by atoms with Gasteiger partial charge in [0.05, 0.1) is 6.61 Å². The van der Waals surface area contributed by atoms with Gasteiger partial charge in [-0.05, 0) is 18.9 Å². The van der Waals surface area contributed by atoms with E-state index in [9.17, 15) is 4.79 Å². The molecule has 1 saturated heterocycles. The molecule has 3 heteroatoms. The lowest BCUT2D eigenvalue weighted by Gasteiger charge is -2.21. The summed E-state index contributed by atoms with van der Waals surface area (Å²) in [4.78, 5) is 12.1. The normalized spacial score (nSPS) is 21.3. The molecule has 1 aromatic rings. The Hall–Kier alpha value is -0.670. The van der Waals surface area contributed by atoms with Crippen LogP contribution >= 0.6 is 15.9 Å². The Bertz CT molecular complexity index is 356. The highest BCUT2D eigenvalue weighted by Gasteiger charge is 2.23. The summed E-state index contributed by atoms with van der Waals surface area (Å²) in [5, 5.41) is 0. The van der Waals surface area contributed by atoms with Gasteiger partial charge in [0.2, 0.25) is 0 Å². The van der Waals surface area contributed by atoms with E-state index in [1.807, 2.05) is 24.3 Å². The average molecular weight is 269 g/mol. The summed E-state index contributed by atoms with van der Waals surface area (Å²) >= 11 is 3.40. The summed E-state index contributed by atoms with van der Waals surface area (Å²) in [6.07, 6.45) is 1.93. The van der Waals surface area contributed by atoms with Gasteiger partial charge in [-0.2, -0.15) is 0 Å². The standard InChI is InChI=1S/C12H13BrO2/c13-11-6-2-1-5-10(11)12(14)9-4-3-7-15-8-9/h1-2,5-6,9H,3-4,7-8H2. The third-order valence-corrected chi connectivity index (χ3v) is 3.36. The van der Waals surface area contributed by atoms with Crippen LogP contribution < -0.4 is 0 Å². The molecule has 0 saturated carbocycles. The van der Waals surface area contributed by atoms with Crippen molar-refractivity contribution in [3.63, 3.8) is 0 Å². The van der Waals surface area contributed by atoms with E-state index < -0.39 is 0 Å². The third-order valence-electron chi connectivity index (χ3n) is 2.67. The Kier molecular flexibility index (Phi) is 3.54. The first-order chi connectivity index (χ1) is 7.29. The molecule has 0 aromatic heterocycles. The van der Waals surface area contributed by atoms with Gasteiger partial charge in [-0.15, -0.1) is 0 Å². The summed E-state index contributed by atoms with van der Waals surface area (Å²) in [5.41, 5.74) is 0.771. The lowest BCUT2D eigenvalue weighted by molar-refractivity contribution is 0.0461. The molecular formula is C12H13BrO2. The SMILES string of the molecule is O=C(c1ccccc1Br)C1CCCOC1. The van der Waals surface area contributed by atoms with E-state index in [1.54, 1.807) is 0 Å². The number of hydrogen-bond donors (Lipinski definition) is 0. The molecule has 1 heterocycles. The van der Waals surface area contributed by atoms with Crippen LogP contribution in [0.3, 0.4) is 0 Å². The summed E-state index contributed by atoms with van der Waals surface area (Å²) < 4.78 is 6.20. The average Bonchev–Trinajstić information content (AvgIpc) is 2.30. The van der Waals surface area contributed by atoms with E-state index in [0.717, 1.165) is 29.5 Å². The van der Waals surface area contributed by atoms with E-state index in [1.165, 1.54) is 0 Å². The summed E-state index contributed by atoms with van der Waals surface area (Å²) in [7, 11) is 0. The lowest BCUT2D eigenvalue weighted by Crippen LogP contribution is -2.25. The fraction of sp³-hybridized carbons (Fsp3) is 0.417. The van der Waals surface area contributed by atoms with Crippen LogP contribution in [0.4, 0.5) is 0 Å².